The smallest absolute Gasteiger partial charge is 0.0871 e. The van der Waals surface area contributed by atoms with Crippen molar-refractivity contribution in [1.29, 1.82) is 0 Å². The van der Waals surface area contributed by atoms with E-state index >= 15 is 0 Å². The third-order valence-corrected chi connectivity index (χ3v) is 6.46. The first-order valence-corrected chi connectivity index (χ1v) is 10.5. The largest absolute Gasteiger partial charge is 0.339 e. The first kappa shape index (κ1) is 19.2. The number of rotatable bonds is 2. The summed E-state index contributed by atoms with van der Waals surface area (Å²) in [6.07, 6.45) is 2.16. The van der Waals surface area contributed by atoms with Crippen molar-refractivity contribution in [2.24, 2.45) is 0 Å². The van der Waals surface area contributed by atoms with Gasteiger partial charge in [0.1, 0.15) is 0 Å². The fourth-order valence-corrected chi connectivity index (χ4v) is 4.87. The normalized spacial score (nSPS) is 11.2. The Labute approximate surface area is 192 Å². The van der Waals surface area contributed by atoms with Crippen LogP contribution in [-0.4, -0.2) is 9.38 Å². The van der Waals surface area contributed by atoms with Crippen LogP contribution in [-0.2, 0) is 20.1 Å². The summed E-state index contributed by atoms with van der Waals surface area (Å²) in [5, 5.41) is 3.47. The predicted octanol–water partition coefficient (Wildman–Crippen LogP) is 7.14. The van der Waals surface area contributed by atoms with Crippen LogP contribution in [0.2, 0.25) is 0 Å². The summed E-state index contributed by atoms with van der Waals surface area (Å²) < 4.78 is 2.22. The molecule has 0 N–H and O–H groups in total. The molecule has 3 aromatic heterocycles. The first-order valence-electron chi connectivity index (χ1n) is 9.65. The van der Waals surface area contributed by atoms with Gasteiger partial charge in [0.2, 0.25) is 0 Å². The van der Waals surface area contributed by atoms with Crippen molar-refractivity contribution < 1.29 is 20.1 Å². The zero-order chi connectivity index (χ0) is 19.4. The molecule has 0 aliphatic carbocycles. The number of aryl methyl sites for hydroxylation is 1. The average molecular weight is 582 g/mol. The van der Waals surface area contributed by atoms with Gasteiger partial charge in [-0.1, -0.05) is 47.9 Å². The summed E-state index contributed by atoms with van der Waals surface area (Å²) in [5.41, 5.74) is 5.58. The van der Waals surface area contributed by atoms with E-state index in [9.17, 15) is 0 Å². The van der Waals surface area contributed by atoms with Gasteiger partial charge in [-0.15, -0.1) is 41.0 Å². The van der Waals surface area contributed by atoms with Gasteiger partial charge >= 0.3 is 0 Å². The van der Waals surface area contributed by atoms with Gasteiger partial charge in [0, 0.05) is 36.7 Å². The number of pyridine rings is 1. The molecule has 1 radical (unpaired) electrons. The molecule has 4 heteroatoms. The van der Waals surface area contributed by atoms with E-state index < -0.39 is 0 Å². The number of hydrogen-bond donors (Lipinski definition) is 0. The predicted molar refractivity (Wildman–Crippen MR) is 123 cm³/mol. The van der Waals surface area contributed by atoms with E-state index in [1.807, 2.05) is 6.07 Å². The molecule has 0 unspecified atom stereocenters. The Balaban J connectivity index is 0.00000193. The standard InChI is InChI=1S/C26H17N2S.Ir/c1-17-11-14-25(29-17)23-16-28-24-13-12-19(18-7-3-2-4-8-18)15-22(24)20-9-5-6-10-21(20)26(28)27-23;/h2-9,11-16H,1H3;/q-1;. The summed E-state index contributed by atoms with van der Waals surface area (Å²) in [6.45, 7) is 2.13. The van der Waals surface area contributed by atoms with Crippen LogP contribution in [0.25, 0.3) is 49.0 Å². The van der Waals surface area contributed by atoms with Crippen LogP contribution in [0, 0.1) is 13.0 Å². The van der Waals surface area contributed by atoms with Crippen molar-refractivity contribution >= 4 is 38.7 Å². The molecule has 0 amide bonds. The molecule has 0 aliphatic heterocycles. The van der Waals surface area contributed by atoms with Gasteiger partial charge in [0.25, 0.3) is 0 Å². The molecule has 0 saturated carbocycles. The van der Waals surface area contributed by atoms with E-state index in [0.29, 0.717) is 0 Å². The Morgan fingerprint density at radius 2 is 1.73 bits per heavy atom. The number of fused-ring (bicyclic) bond motifs is 6. The molecule has 6 rings (SSSR count). The number of nitrogens with zero attached hydrogens (tertiary/aromatic N) is 2. The molecule has 0 spiro atoms. The number of aromatic nitrogens is 2. The summed E-state index contributed by atoms with van der Waals surface area (Å²) in [4.78, 5) is 7.49. The Kier molecular flexibility index (Phi) is 4.79. The van der Waals surface area contributed by atoms with E-state index in [4.69, 9.17) is 4.98 Å². The second kappa shape index (κ2) is 7.48. The molecular weight excluding hydrogens is 565 g/mol. The monoisotopic (exact) mass is 582 g/mol. The van der Waals surface area contributed by atoms with Crippen molar-refractivity contribution in [2.75, 3.05) is 0 Å². The van der Waals surface area contributed by atoms with Crippen LogP contribution in [0.15, 0.2) is 85.1 Å². The Bertz CT molecular complexity index is 1510. The molecule has 0 bridgehead atoms. The fourth-order valence-electron chi connectivity index (χ4n) is 4.05. The van der Waals surface area contributed by atoms with E-state index in [1.54, 1.807) is 11.3 Å². The molecule has 0 saturated heterocycles. The average Bonchev–Trinajstić information content (AvgIpc) is 3.41. The molecule has 6 aromatic rings. The van der Waals surface area contributed by atoms with Gasteiger partial charge in [-0.25, -0.2) is 0 Å². The fraction of sp³-hybridized carbons (Fsp3) is 0.0385. The van der Waals surface area contributed by atoms with Gasteiger partial charge in [-0.3, -0.25) is 4.98 Å². The Morgan fingerprint density at radius 1 is 0.867 bits per heavy atom. The minimum atomic E-state index is 0. The molecule has 30 heavy (non-hydrogen) atoms. The molecular formula is C26H17IrN2S-. The minimum absolute atomic E-state index is 0. The zero-order valence-electron chi connectivity index (χ0n) is 16.2. The zero-order valence-corrected chi connectivity index (χ0v) is 19.4. The van der Waals surface area contributed by atoms with Gasteiger partial charge in [0.05, 0.1) is 16.2 Å². The van der Waals surface area contributed by atoms with Gasteiger partial charge in [0.15, 0.2) is 0 Å². The molecule has 2 nitrogen and oxygen atoms in total. The number of thiophene rings is 1. The minimum Gasteiger partial charge on any atom is -0.339 e. The third kappa shape index (κ3) is 3.00. The topological polar surface area (TPSA) is 17.3 Å². The van der Waals surface area contributed by atoms with Crippen molar-refractivity contribution in [3.05, 3.63) is 96.0 Å². The van der Waals surface area contributed by atoms with Crippen LogP contribution in [0.5, 0.6) is 0 Å². The molecule has 3 heterocycles. The maximum absolute atomic E-state index is 5.00. The maximum Gasteiger partial charge on any atom is 0.0871 e. The van der Waals surface area contributed by atoms with E-state index in [-0.39, 0.29) is 20.1 Å². The van der Waals surface area contributed by atoms with E-state index in [0.717, 1.165) is 16.7 Å². The molecule has 0 atom stereocenters. The van der Waals surface area contributed by atoms with Crippen molar-refractivity contribution in [3.63, 3.8) is 0 Å². The Hall–Kier alpha value is -2.78. The van der Waals surface area contributed by atoms with Crippen LogP contribution >= 0.6 is 11.3 Å². The summed E-state index contributed by atoms with van der Waals surface area (Å²) >= 11 is 1.78. The third-order valence-electron chi connectivity index (χ3n) is 5.43. The van der Waals surface area contributed by atoms with E-state index in [2.05, 4.69) is 96.4 Å². The van der Waals surface area contributed by atoms with Crippen LogP contribution in [0.4, 0.5) is 0 Å². The van der Waals surface area contributed by atoms with Crippen LogP contribution < -0.4 is 0 Å². The van der Waals surface area contributed by atoms with Gasteiger partial charge in [-0.05, 0) is 41.6 Å². The van der Waals surface area contributed by atoms with Gasteiger partial charge < -0.3 is 4.40 Å². The summed E-state index contributed by atoms with van der Waals surface area (Å²) in [6, 6.07) is 31.2. The summed E-state index contributed by atoms with van der Waals surface area (Å²) in [7, 11) is 0. The SMILES string of the molecule is Cc1ccc(-c2cn3c4ccc(-c5ccccc5)cc4c4ccc[c-]c4c3n2)s1.[Ir]. The second-order valence-corrected chi connectivity index (χ2v) is 8.57. The number of imidazole rings is 1. The quantitative estimate of drug-likeness (QED) is 0.157. The van der Waals surface area contributed by atoms with Gasteiger partial charge in [-0.2, -0.15) is 0 Å². The first-order chi connectivity index (χ1) is 14.3. The van der Waals surface area contributed by atoms with Crippen molar-refractivity contribution in [2.45, 2.75) is 6.92 Å². The van der Waals surface area contributed by atoms with E-state index in [1.165, 1.54) is 37.2 Å². The number of hydrogen-bond acceptors (Lipinski definition) is 2. The molecule has 3 aromatic carbocycles. The molecule has 0 aliphatic rings. The van der Waals surface area contributed by atoms with Crippen LogP contribution in [0.1, 0.15) is 4.88 Å². The van der Waals surface area contributed by atoms with Crippen molar-refractivity contribution in [3.8, 4) is 21.7 Å². The second-order valence-electron chi connectivity index (χ2n) is 7.29. The maximum atomic E-state index is 5.00. The molecule has 147 valence electrons. The van der Waals surface area contributed by atoms with Crippen molar-refractivity contribution in [1.82, 2.24) is 9.38 Å². The number of benzene rings is 3. The Morgan fingerprint density at radius 3 is 2.53 bits per heavy atom. The molecule has 0 fully saturated rings. The van der Waals surface area contributed by atoms with Crippen LogP contribution in [0.3, 0.4) is 0 Å². The summed E-state index contributed by atoms with van der Waals surface area (Å²) in [5.74, 6) is 0.